The van der Waals surface area contributed by atoms with E-state index in [1.807, 2.05) is 12.3 Å². The van der Waals surface area contributed by atoms with Gasteiger partial charge in [-0.25, -0.2) is 0 Å². The molecule has 0 unspecified atom stereocenters. The lowest BCUT2D eigenvalue weighted by Gasteiger charge is -1.86. The van der Waals surface area contributed by atoms with Crippen LogP contribution in [-0.4, -0.2) is 0 Å². The van der Waals surface area contributed by atoms with E-state index >= 15 is 0 Å². The summed E-state index contributed by atoms with van der Waals surface area (Å²) in [6.45, 7) is 5.75. The summed E-state index contributed by atoms with van der Waals surface area (Å²) < 4.78 is 0. The Morgan fingerprint density at radius 2 is 2.38 bits per heavy atom. The number of hydrogen-bond donors (Lipinski definition) is 1. The van der Waals surface area contributed by atoms with Crippen LogP contribution >= 0.6 is 11.3 Å². The summed E-state index contributed by atoms with van der Waals surface area (Å²) >= 11 is 1.55. The summed E-state index contributed by atoms with van der Waals surface area (Å²) in [6, 6.07) is 0. The Morgan fingerprint density at radius 1 is 1.75 bits per heavy atom. The largest absolute Gasteiger partial charge is 0.390 e. The molecule has 2 N–H and O–H groups in total. The average molecular weight is 126 g/mol. The van der Waals surface area contributed by atoms with Gasteiger partial charge in [0.05, 0.1) is 5.00 Å². The first-order valence-corrected chi connectivity index (χ1v) is 3.25. The van der Waals surface area contributed by atoms with E-state index < -0.39 is 0 Å². The number of anilines is 1. The zero-order chi connectivity index (χ0) is 6.15. The second-order valence-corrected chi connectivity index (χ2v) is 2.66. The minimum absolute atomic E-state index is 0.884. The third-order valence-electron chi connectivity index (χ3n) is 1.18. The van der Waals surface area contributed by atoms with E-state index in [-0.39, 0.29) is 0 Å². The highest BCUT2D eigenvalue weighted by molar-refractivity contribution is 7.14. The molecular formula is C6H8NS. The third-order valence-corrected chi connectivity index (χ3v) is 2.14. The van der Waals surface area contributed by atoms with Crippen LogP contribution in [0.25, 0.3) is 0 Å². The van der Waals surface area contributed by atoms with Crippen LogP contribution in [-0.2, 0) is 0 Å². The minimum atomic E-state index is 0.884. The molecule has 0 spiro atoms. The molecule has 1 aromatic rings. The molecule has 1 aromatic heterocycles. The molecule has 0 aliphatic rings. The highest BCUT2D eigenvalue weighted by Crippen LogP contribution is 2.22. The minimum Gasteiger partial charge on any atom is -0.390 e. The van der Waals surface area contributed by atoms with Crippen molar-refractivity contribution in [2.24, 2.45) is 0 Å². The molecule has 0 fully saturated rings. The molecule has 0 atom stereocenters. The number of thiophene rings is 1. The van der Waals surface area contributed by atoms with Crippen LogP contribution in [0.4, 0.5) is 5.00 Å². The summed E-state index contributed by atoms with van der Waals surface area (Å²) in [6.07, 6.45) is 0. The molecule has 0 saturated heterocycles. The molecule has 0 aliphatic heterocycles. The highest BCUT2D eigenvalue weighted by Gasteiger charge is 1.96. The van der Waals surface area contributed by atoms with Crippen molar-refractivity contribution in [3.05, 3.63) is 23.4 Å². The zero-order valence-corrected chi connectivity index (χ0v) is 5.59. The average Bonchev–Trinajstić information content (AvgIpc) is 1.98. The Hall–Kier alpha value is -0.500. The molecule has 2 heteroatoms. The Bertz CT molecular complexity index is 171. The summed E-state index contributed by atoms with van der Waals surface area (Å²) in [4.78, 5) is 0. The monoisotopic (exact) mass is 126 g/mol. The summed E-state index contributed by atoms with van der Waals surface area (Å²) in [5, 5.41) is 2.85. The van der Waals surface area contributed by atoms with E-state index in [4.69, 9.17) is 5.73 Å². The summed E-state index contributed by atoms with van der Waals surface area (Å²) in [5.74, 6) is 0. The van der Waals surface area contributed by atoms with E-state index in [1.165, 1.54) is 0 Å². The van der Waals surface area contributed by atoms with Gasteiger partial charge in [-0.3, -0.25) is 0 Å². The Kier molecular flexibility index (Phi) is 1.26. The van der Waals surface area contributed by atoms with Gasteiger partial charge >= 0.3 is 0 Å². The molecule has 0 saturated carbocycles. The van der Waals surface area contributed by atoms with E-state index in [0.29, 0.717) is 0 Å². The molecular weight excluding hydrogens is 118 g/mol. The molecule has 8 heavy (non-hydrogen) atoms. The van der Waals surface area contributed by atoms with Gasteiger partial charge in [0.2, 0.25) is 0 Å². The molecule has 1 rings (SSSR count). The lowest BCUT2D eigenvalue weighted by Crippen LogP contribution is -1.81. The van der Waals surface area contributed by atoms with Gasteiger partial charge < -0.3 is 5.73 Å². The summed E-state index contributed by atoms with van der Waals surface area (Å²) in [5.41, 5.74) is 7.69. The number of hydrogen-bond acceptors (Lipinski definition) is 2. The predicted octanol–water partition coefficient (Wildman–Crippen LogP) is 1.82. The lowest BCUT2D eigenvalue weighted by atomic mass is 10.2. The quantitative estimate of drug-likeness (QED) is 0.563. The maximum atomic E-state index is 5.52. The van der Waals surface area contributed by atoms with E-state index in [9.17, 15) is 0 Å². The first kappa shape index (κ1) is 5.63. The predicted molar refractivity (Wildman–Crippen MR) is 37.9 cm³/mol. The Balaban J connectivity index is 3.19. The van der Waals surface area contributed by atoms with E-state index in [0.717, 1.165) is 16.1 Å². The Labute approximate surface area is 53.1 Å². The maximum Gasteiger partial charge on any atom is 0.0888 e. The van der Waals surface area contributed by atoms with Crippen molar-refractivity contribution >= 4 is 16.3 Å². The number of nitrogens with two attached hydrogens (primary N) is 1. The van der Waals surface area contributed by atoms with Crippen molar-refractivity contribution < 1.29 is 0 Å². The number of rotatable bonds is 0. The first-order chi connectivity index (χ1) is 3.72. The molecule has 43 valence electrons. The van der Waals surface area contributed by atoms with Crippen LogP contribution < -0.4 is 5.73 Å². The molecule has 1 heterocycles. The van der Waals surface area contributed by atoms with Gasteiger partial charge in [0.15, 0.2) is 0 Å². The maximum absolute atomic E-state index is 5.52. The van der Waals surface area contributed by atoms with E-state index in [2.05, 4.69) is 6.92 Å². The molecule has 0 bridgehead atoms. The lowest BCUT2D eigenvalue weighted by molar-refractivity contribution is 1.50. The van der Waals surface area contributed by atoms with Crippen molar-refractivity contribution in [1.29, 1.82) is 0 Å². The van der Waals surface area contributed by atoms with Crippen LogP contribution in [0.2, 0.25) is 0 Å². The van der Waals surface area contributed by atoms with Gasteiger partial charge in [-0.1, -0.05) is 0 Å². The summed E-state index contributed by atoms with van der Waals surface area (Å²) in [7, 11) is 0. The first-order valence-electron chi connectivity index (χ1n) is 2.37. The van der Waals surface area contributed by atoms with Gasteiger partial charge in [0.1, 0.15) is 0 Å². The standard InChI is InChI=1S/C6H8NS/c1-4-3-8-6(7)5(4)2/h3H,1,7H2,2H3. The third kappa shape index (κ3) is 0.713. The van der Waals surface area contributed by atoms with Gasteiger partial charge in [-0.2, -0.15) is 0 Å². The molecule has 0 aromatic carbocycles. The van der Waals surface area contributed by atoms with Crippen molar-refractivity contribution in [2.75, 3.05) is 5.73 Å². The van der Waals surface area contributed by atoms with Crippen LogP contribution in [0.3, 0.4) is 0 Å². The van der Waals surface area contributed by atoms with Crippen molar-refractivity contribution in [1.82, 2.24) is 0 Å². The van der Waals surface area contributed by atoms with Crippen molar-refractivity contribution in [2.45, 2.75) is 6.92 Å². The van der Waals surface area contributed by atoms with Gasteiger partial charge in [-0.15, -0.1) is 11.3 Å². The van der Waals surface area contributed by atoms with Gasteiger partial charge in [0, 0.05) is 0 Å². The molecule has 0 aliphatic carbocycles. The van der Waals surface area contributed by atoms with Gasteiger partial charge in [-0.05, 0) is 30.4 Å². The second-order valence-electron chi connectivity index (χ2n) is 1.75. The van der Waals surface area contributed by atoms with Crippen molar-refractivity contribution in [3.63, 3.8) is 0 Å². The smallest absolute Gasteiger partial charge is 0.0888 e. The van der Waals surface area contributed by atoms with Crippen LogP contribution in [0.1, 0.15) is 11.1 Å². The topological polar surface area (TPSA) is 26.0 Å². The fraction of sp³-hybridized carbons (Fsp3) is 0.167. The number of nitrogen functional groups attached to an aromatic ring is 1. The molecule has 0 amide bonds. The van der Waals surface area contributed by atoms with Crippen LogP contribution in [0.15, 0.2) is 5.38 Å². The Morgan fingerprint density at radius 3 is 2.50 bits per heavy atom. The second kappa shape index (κ2) is 1.78. The van der Waals surface area contributed by atoms with E-state index in [1.54, 1.807) is 11.3 Å². The molecule has 1 nitrogen and oxygen atoms in total. The van der Waals surface area contributed by atoms with Crippen LogP contribution in [0, 0.1) is 13.8 Å². The zero-order valence-electron chi connectivity index (χ0n) is 4.77. The molecule has 1 radical (unpaired) electrons. The fourth-order valence-corrected chi connectivity index (χ4v) is 1.22. The van der Waals surface area contributed by atoms with Crippen LogP contribution in [0.5, 0.6) is 0 Å². The van der Waals surface area contributed by atoms with Gasteiger partial charge in [0.25, 0.3) is 0 Å². The fourth-order valence-electron chi connectivity index (χ4n) is 0.470. The van der Waals surface area contributed by atoms with Crippen molar-refractivity contribution in [3.8, 4) is 0 Å². The normalized spacial score (nSPS) is 9.75. The highest BCUT2D eigenvalue weighted by atomic mass is 32.1. The SMILES string of the molecule is [CH2]c1csc(N)c1C.